The molecule has 0 spiro atoms. The van der Waals surface area contributed by atoms with E-state index in [0.717, 1.165) is 51.4 Å². The molecule has 0 aliphatic heterocycles. The van der Waals surface area contributed by atoms with Crippen molar-refractivity contribution in [2.75, 3.05) is 19.8 Å². The van der Waals surface area contributed by atoms with Crippen LogP contribution >= 0.6 is 7.82 Å². The second kappa shape index (κ2) is 34.4. The first-order valence-electron chi connectivity index (χ1n) is 19.1. The molecule has 0 aliphatic carbocycles. The zero-order valence-electron chi connectivity index (χ0n) is 30.4. The zero-order valence-corrected chi connectivity index (χ0v) is 31.3. The fourth-order valence-electron chi connectivity index (χ4n) is 5.19. The van der Waals surface area contributed by atoms with Crippen LogP contribution in [0.3, 0.4) is 0 Å². The van der Waals surface area contributed by atoms with E-state index in [4.69, 9.17) is 18.5 Å². The van der Waals surface area contributed by atoms with Gasteiger partial charge in [-0.05, 0) is 51.9 Å². The van der Waals surface area contributed by atoms with Crippen LogP contribution in [0.5, 0.6) is 0 Å². The van der Waals surface area contributed by atoms with Crippen LogP contribution in [-0.4, -0.2) is 42.8 Å². The van der Waals surface area contributed by atoms with Gasteiger partial charge in [0.25, 0.3) is 0 Å². The van der Waals surface area contributed by atoms with Crippen molar-refractivity contribution in [2.45, 2.75) is 187 Å². The predicted octanol–water partition coefficient (Wildman–Crippen LogP) is 11.5. The van der Waals surface area contributed by atoms with E-state index in [-0.39, 0.29) is 25.6 Å². The molecule has 0 heterocycles. The first-order valence-corrected chi connectivity index (χ1v) is 20.6. The van der Waals surface area contributed by atoms with Crippen molar-refractivity contribution in [3.8, 4) is 0 Å². The number of carbonyl (C=O) groups excluding carboxylic acids is 2. The van der Waals surface area contributed by atoms with E-state index in [9.17, 15) is 19.0 Å². The van der Waals surface area contributed by atoms with Crippen molar-refractivity contribution in [1.29, 1.82) is 0 Å². The minimum absolute atomic E-state index is 0.000246. The highest BCUT2D eigenvalue weighted by atomic mass is 31.2. The van der Waals surface area contributed by atoms with E-state index in [1.54, 1.807) is 6.92 Å². The minimum atomic E-state index is -4.27. The van der Waals surface area contributed by atoms with Crippen molar-refractivity contribution >= 4 is 19.8 Å². The molecule has 9 heteroatoms. The van der Waals surface area contributed by atoms with Gasteiger partial charge in [0.1, 0.15) is 6.61 Å². The maximum atomic E-state index is 12.5. The lowest BCUT2D eigenvalue weighted by Gasteiger charge is -2.19. The quantitative estimate of drug-likeness (QED) is 0.0304. The van der Waals surface area contributed by atoms with Crippen molar-refractivity contribution in [3.05, 3.63) is 24.3 Å². The SMILES string of the molecule is CCCCC/C=C\C/C=C\CCCCCCCCCC(=O)OC(COC(=O)CCCCCCCCCCCC)COP(=O)(O)OCC. The van der Waals surface area contributed by atoms with Gasteiger partial charge in [0.05, 0.1) is 13.2 Å². The average molecular weight is 687 g/mol. The van der Waals surface area contributed by atoms with Crippen LogP contribution in [0.2, 0.25) is 0 Å². The molecular formula is C38H71O8P. The number of unbranched alkanes of at least 4 members (excludes halogenated alkanes) is 19. The van der Waals surface area contributed by atoms with Crippen LogP contribution in [0.15, 0.2) is 24.3 Å². The number of allylic oxidation sites excluding steroid dienone is 4. The lowest BCUT2D eigenvalue weighted by atomic mass is 10.1. The molecule has 47 heavy (non-hydrogen) atoms. The summed E-state index contributed by atoms with van der Waals surface area (Å²) in [4.78, 5) is 34.5. The Morgan fingerprint density at radius 1 is 0.574 bits per heavy atom. The molecule has 2 atom stereocenters. The van der Waals surface area contributed by atoms with Gasteiger partial charge in [-0.1, -0.05) is 141 Å². The van der Waals surface area contributed by atoms with Gasteiger partial charge < -0.3 is 14.4 Å². The van der Waals surface area contributed by atoms with Crippen LogP contribution in [0, 0.1) is 0 Å². The summed E-state index contributed by atoms with van der Waals surface area (Å²) in [5.74, 6) is -0.805. The van der Waals surface area contributed by atoms with Gasteiger partial charge in [0, 0.05) is 12.8 Å². The fraction of sp³-hybridized carbons (Fsp3) is 0.842. The third kappa shape index (κ3) is 34.2. The Hall–Kier alpha value is -1.47. The van der Waals surface area contributed by atoms with E-state index in [0.29, 0.717) is 12.8 Å². The standard InChI is InChI=1S/C38H71O8P/c1-4-7-9-11-13-15-17-18-19-20-21-22-23-25-27-29-31-33-38(40)46-36(35-45-47(41,42)44-6-3)34-43-37(39)32-30-28-26-24-16-14-12-10-8-5-2/h13,15,18-19,36H,4-12,14,16-17,20-35H2,1-3H3,(H,41,42)/b15-13-,19-18-. The lowest BCUT2D eigenvalue weighted by molar-refractivity contribution is -0.161. The summed E-state index contributed by atoms with van der Waals surface area (Å²) in [5, 5.41) is 0. The molecular weight excluding hydrogens is 615 g/mol. The molecule has 0 saturated carbocycles. The van der Waals surface area contributed by atoms with Crippen LogP contribution in [-0.2, 0) is 32.7 Å². The normalized spacial score (nSPS) is 13.7. The second-order valence-electron chi connectivity index (χ2n) is 12.6. The topological polar surface area (TPSA) is 108 Å². The number of hydrogen-bond donors (Lipinski definition) is 1. The molecule has 0 radical (unpaired) electrons. The summed E-state index contributed by atoms with van der Waals surface area (Å²) in [7, 11) is -4.27. The van der Waals surface area contributed by atoms with Gasteiger partial charge >= 0.3 is 19.8 Å². The molecule has 276 valence electrons. The van der Waals surface area contributed by atoms with E-state index in [1.165, 1.54) is 89.9 Å². The second-order valence-corrected chi connectivity index (χ2v) is 14.1. The Kier molecular flexibility index (Phi) is 33.3. The zero-order chi connectivity index (χ0) is 34.7. The third-order valence-electron chi connectivity index (χ3n) is 8.01. The number of ether oxygens (including phenoxy) is 2. The number of rotatable bonds is 35. The van der Waals surface area contributed by atoms with Crippen LogP contribution in [0.25, 0.3) is 0 Å². The molecule has 0 aromatic rings. The Bertz CT molecular complexity index is 829. The number of hydrogen-bond acceptors (Lipinski definition) is 7. The van der Waals surface area contributed by atoms with Crippen LogP contribution in [0.4, 0.5) is 0 Å². The molecule has 0 amide bonds. The Morgan fingerprint density at radius 3 is 1.55 bits per heavy atom. The Labute approximate surface area is 288 Å². The van der Waals surface area contributed by atoms with E-state index < -0.39 is 26.5 Å². The largest absolute Gasteiger partial charge is 0.472 e. The average Bonchev–Trinajstić information content (AvgIpc) is 3.04. The van der Waals surface area contributed by atoms with Gasteiger partial charge in [-0.3, -0.25) is 18.6 Å². The van der Waals surface area contributed by atoms with Crippen LogP contribution in [0.1, 0.15) is 181 Å². The highest BCUT2D eigenvalue weighted by molar-refractivity contribution is 7.47. The molecule has 0 fully saturated rings. The van der Waals surface area contributed by atoms with Crippen molar-refractivity contribution in [2.24, 2.45) is 0 Å². The van der Waals surface area contributed by atoms with Crippen molar-refractivity contribution < 1.29 is 37.6 Å². The predicted molar refractivity (Wildman–Crippen MR) is 193 cm³/mol. The molecule has 0 rings (SSSR count). The fourth-order valence-corrected chi connectivity index (χ4v) is 5.94. The molecule has 0 bridgehead atoms. The number of phosphoric ester groups is 1. The summed E-state index contributed by atoms with van der Waals surface area (Å²) in [5.41, 5.74) is 0. The van der Waals surface area contributed by atoms with Crippen molar-refractivity contribution in [1.82, 2.24) is 0 Å². The van der Waals surface area contributed by atoms with Gasteiger partial charge in [0.2, 0.25) is 0 Å². The highest BCUT2D eigenvalue weighted by Gasteiger charge is 2.25. The summed E-state index contributed by atoms with van der Waals surface area (Å²) < 4.78 is 32.5. The molecule has 8 nitrogen and oxygen atoms in total. The van der Waals surface area contributed by atoms with E-state index >= 15 is 0 Å². The Balaban J connectivity index is 4.13. The summed E-state index contributed by atoms with van der Waals surface area (Å²) in [6.07, 6.45) is 35.1. The van der Waals surface area contributed by atoms with Gasteiger partial charge in [-0.25, -0.2) is 4.57 Å². The highest BCUT2D eigenvalue weighted by Crippen LogP contribution is 2.43. The monoisotopic (exact) mass is 686 g/mol. The number of carbonyl (C=O) groups is 2. The molecule has 2 unspecified atom stereocenters. The molecule has 1 N–H and O–H groups in total. The first-order chi connectivity index (χ1) is 22.8. The maximum Gasteiger partial charge on any atom is 0.472 e. The molecule has 0 aromatic carbocycles. The van der Waals surface area contributed by atoms with Gasteiger partial charge in [-0.2, -0.15) is 0 Å². The number of phosphoric acid groups is 1. The molecule has 0 aliphatic rings. The van der Waals surface area contributed by atoms with Crippen LogP contribution < -0.4 is 0 Å². The summed E-state index contributed by atoms with van der Waals surface area (Å²) in [6.45, 7) is 5.42. The van der Waals surface area contributed by atoms with Gasteiger partial charge in [0.15, 0.2) is 6.10 Å². The Morgan fingerprint density at radius 2 is 1.02 bits per heavy atom. The van der Waals surface area contributed by atoms with Gasteiger partial charge in [-0.15, -0.1) is 0 Å². The molecule has 0 saturated heterocycles. The van der Waals surface area contributed by atoms with Crippen molar-refractivity contribution in [3.63, 3.8) is 0 Å². The summed E-state index contributed by atoms with van der Waals surface area (Å²) in [6, 6.07) is 0. The third-order valence-corrected chi connectivity index (χ3v) is 9.07. The minimum Gasteiger partial charge on any atom is -0.462 e. The molecule has 0 aromatic heterocycles. The maximum absolute atomic E-state index is 12.5. The smallest absolute Gasteiger partial charge is 0.462 e. The lowest BCUT2D eigenvalue weighted by Crippen LogP contribution is -2.29. The number of esters is 2. The van der Waals surface area contributed by atoms with E-state index in [2.05, 4.69) is 38.2 Å². The summed E-state index contributed by atoms with van der Waals surface area (Å²) >= 11 is 0. The van der Waals surface area contributed by atoms with E-state index in [1.807, 2.05) is 0 Å². The first kappa shape index (κ1) is 45.5.